The fourth-order valence-corrected chi connectivity index (χ4v) is 5.17. The molecule has 29 heavy (non-hydrogen) atoms. The van der Waals surface area contributed by atoms with Crippen LogP contribution in [0.2, 0.25) is 0 Å². The Morgan fingerprint density at radius 1 is 1.28 bits per heavy atom. The molecule has 0 aliphatic heterocycles. The summed E-state index contributed by atoms with van der Waals surface area (Å²) in [5.41, 5.74) is 4.10. The lowest BCUT2D eigenvalue weighted by atomic mass is 9.89. The number of benzene rings is 1. The van der Waals surface area contributed by atoms with E-state index in [2.05, 4.69) is 58.1 Å². The first-order valence-electron chi connectivity index (χ1n) is 10.1. The molecule has 0 bridgehead atoms. The van der Waals surface area contributed by atoms with Gasteiger partial charge in [0.05, 0.1) is 11.8 Å². The van der Waals surface area contributed by atoms with Crippen LogP contribution in [-0.2, 0) is 30.6 Å². The Kier molecular flexibility index (Phi) is 6.67. The minimum Gasteiger partial charge on any atom is -0.349 e. The van der Waals surface area contributed by atoms with Gasteiger partial charge in [0.2, 0.25) is 5.91 Å². The second-order valence-corrected chi connectivity index (χ2v) is 9.42. The average Bonchev–Trinajstić information content (AvgIpc) is 3.42. The zero-order valence-corrected chi connectivity index (χ0v) is 18.3. The number of nitrogens with one attached hydrogen (secondary N) is 1. The molecule has 0 saturated carbocycles. The van der Waals surface area contributed by atoms with Gasteiger partial charge >= 0.3 is 0 Å². The molecule has 1 amide bonds. The third kappa shape index (κ3) is 5.28. The molecular weight excluding hydrogens is 400 g/mol. The molecule has 1 N–H and O–H groups in total. The fraction of sp³-hybridized carbons (Fsp3) is 0.409. The van der Waals surface area contributed by atoms with Crippen LogP contribution in [0.5, 0.6) is 0 Å². The van der Waals surface area contributed by atoms with Gasteiger partial charge in [-0.3, -0.25) is 4.79 Å². The minimum absolute atomic E-state index is 0.00650. The monoisotopic (exact) mass is 426 g/mol. The molecular formula is C22H26N4OS2. The number of thioether (sulfide) groups is 1. The lowest BCUT2D eigenvalue weighted by Gasteiger charge is -2.20. The molecule has 0 saturated heterocycles. The molecule has 4 rings (SSSR count). The van der Waals surface area contributed by atoms with Crippen LogP contribution in [0, 0.1) is 0 Å². The van der Waals surface area contributed by atoms with Gasteiger partial charge in [0.1, 0.15) is 6.33 Å². The van der Waals surface area contributed by atoms with Crippen molar-refractivity contribution in [2.75, 3.05) is 5.75 Å². The predicted octanol–water partition coefficient (Wildman–Crippen LogP) is 4.43. The number of fused-ring (bicyclic) bond motifs is 1. The van der Waals surface area contributed by atoms with Crippen molar-refractivity contribution in [2.45, 2.75) is 56.8 Å². The molecule has 0 spiro atoms. The third-order valence-corrected chi connectivity index (χ3v) is 7.26. The molecule has 1 aliphatic carbocycles. The van der Waals surface area contributed by atoms with Crippen molar-refractivity contribution in [1.29, 1.82) is 0 Å². The Morgan fingerprint density at radius 3 is 2.97 bits per heavy atom. The maximum atomic E-state index is 12.5. The highest BCUT2D eigenvalue weighted by molar-refractivity contribution is 7.99. The molecule has 1 aliphatic rings. The van der Waals surface area contributed by atoms with Crippen molar-refractivity contribution in [3.8, 4) is 0 Å². The third-order valence-electron chi connectivity index (χ3n) is 5.34. The first-order chi connectivity index (χ1) is 14.2. The van der Waals surface area contributed by atoms with Gasteiger partial charge in [-0.2, -0.15) is 0 Å². The summed E-state index contributed by atoms with van der Waals surface area (Å²) in [6.45, 7) is 2.87. The standard InChI is InChI=1S/C22H26N4OS2/c1-16(18-9-8-17-5-2-3-6-19(17)13-18)24-21(27)14-29-22-25-23-15-26(22)11-10-20-7-4-12-28-20/h4,7-9,12-13,15-16H,2-3,5-6,10-11,14H2,1H3,(H,24,27)/t16-/m1/s1. The molecule has 1 atom stereocenters. The van der Waals surface area contributed by atoms with Crippen LogP contribution in [0.4, 0.5) is 0 Å². The zero-order valence-electron chi connectivity index (χ0n) is 16.6. The Bertz CT molecular complexity index is 952. The summed E-state index contributed by atoms with van der Waals surface area (Å²) in [5, 5.41) is 14.2. The van der Waals surface area contributed by atoms with E-state index in [9.17, 15) is 4.79 Å². The van der Waals surface area contributed by atoms with Crippen LogP contribution in [0.25, 0.3) is 0 Å². The number of carbonyl (C=O) groups is 1. The Labute approximate surface area is 179 Å². The van der Waals surface area contributed by atoms with E-state index in [0.717, 1.165) is 24.5 Å². The maximum absolute atomic E-state index is 12.5. The number of aromatic nitrogens is 3. The SMILES string of the molecule is C[C@@H](NC(=O)CSc1nncn1CCc1cccs1)c1ccc2c(c1)CCCC2. The molecule has 0 radical (unpaired) electrons. The van der Waals surface area contributed by atoms with E-state index in [4.69, 9.17) is 0 Å². The highest BCUT2D eigenvalue weighted by atomic mass is 32.2. The largest absolute Gasteiger partial charge is 0.349 e. The first-order valence-corrected chi connectivity index (χ1v) is 12.0. The summed E-state index contributed by atoms with van der Waals surface area (Å²) in [6.07, 6.45) is 7.57. The Balaban J connectivity index is 1.28. The summed E-state index contributed by atoms with van der Waals surface area (Å²) >= 11 is 3.20. The highest BCUT2D eigenvalue weighted by Crippen LogP contribution is 2.25. The quantitative estimate of drug-likeness (QED) is 0.541. The molecule has 7 heteroatoms. The van der Waals surface area contributed by atoms with Crippen molar-refractivity contribution in [1.82, 2.24) is 20.1 Å². The number of hydrogen-bond donors (Lipinski definition) is 1. The summed E-state index contributed by atoms with van der Waals surface area (Å²) < 4.78 is 2.02. The predicted molar refractivity (Wildman–Crippen MR) is 118 cm³/mol. The van der Waals surface area contributed by atoms with Crippen LogP contribution >= 0.6 is 23.1 Å². The molecule has 2 heterocycles. The van der Waals surface area contributed by atoms with Gasteiger partial charge in [-0.1, -0.05) is 36.0 Å². The van der Waals surface area contributed by atoms with Crippen LogP contribution in [0.1, 0.15) is 47.4 Å². The topological polar surface area (TPSA) is 59.8 Å². The van der Waals surface area contributed by atoms with Gasteiger partial charge in [0.25, 0.3) is 0 Å². The maximum Gasteiger partial charge on any atom is 0.230 e. The molecule has 0 unspecified atom stereocenters. The summed E-state index contributed by atoms with van der Waals surface area (Å²) in [4.78, 5) is 13.8. The van der Waals surface area contributed by atoms with Crippen molar-refractivity contribution in [3.63, 3.8) is 0 Å². The molecule has 3 aromatic rings. The van der Waals surface area contributed by atoms with Crippen LogP contribution in [0.15, 0.2) is 47.2 Å². The molecule has 1 aromatic carbocycles. The number of thiophene rings is 1. The number of nitrogens with zero attached hydrogens (tertiary/aromatic N) is 3. The van der Waals surface area contributed by atoms with Crippen LogP contribution < -0.4 is 5.32 Å². The number of rotatable bonds is 8. The van der Waals surface area contributed by atoms with E-state index in [-0.39, 0.29) is 11.9 Å². The fourth-order valence-electron chi connectivity index (χ4n) is 3.71. The minimum atomic E-state index is 0.00650. The van der Waals surface area contributed by atoms with E-state index in [1.54, 1.807) is 17.7 Å². The van der Waals surface area contributed by atoms with Gasteiger partial charge in [-0.25, -0.2) is 0 Å². The van der Waals surface area contributed by atoms with Gasteiger partial charge < -0.3 is 9.88 Å². The normalized spacial score (nSPS) is 14.4. The lowest BCUT2D eigenvalue weighted by Crippen LogP contribution is -2.28. The Hall–Kier alpha value is -2.12. The number of amides is 1. The van der Waals surface area contributed by atoms with Crippen LogP contribution in [-0.4, -0.2) is 26.4 Å². The molecule has 2 aromatic heterocycles. The highest BCUT2D eigenvalue weighted by Gasteiger charge is 2.15. The van der Waals surface area contributed by atoms with Gasteiger partial charge in [0.15, 0.2) is 5.16 Å². The van der Waals surface area contributed by atoms with Crippen molar-refractivity contribution in [2.24, 2.45) is 0 Å². The van der Waals surface area contributed by atoms with Gasteiger partial charge in [-0.15, -0.1) is 21.5 Å². The van der Waals surface area contributed by atoms with E-state index in [1.807, 2.05) is 4.57 Å². The summed E-state index contributed by atoms with van der Waals surface area (Å²) in [5.74, 6) is 0.362. The van der Waals surface area contributed by atoms with E-state index < -0.39 is 0 Å². The van der Waals surface area contributed by atoms with Crippen LogP contribution in [0.3, 0.4) is 0 Å². The Morgan fingerprint density at radius 2 is 2.14 bits per heavy atom. The summed E-state index contributed by atoms with van der Waals surface area (Å²) in [6, 6.07) is 10.9. The second-order valence-electron chi connectivity index (χ2n) is 7.45. The lowest BCUT2D eigenvalue weighted by molar-refractivity contribution is -0.119. The smallest absolute Gasteiger partial charge is 0.230 e. The first kappa shape index (κ1) is 20.2. The number of aryl methyl sites for hydroxylation is 4. The van der Waals surface area contributed by atoms with Gasteiger partial charge in [0, 0.05) is 11.4 Å². The molecule has 152 valence electrons. The molecule has 5 nitrogen and oxygen atoms in total. The van der Waals surface area contributed by atoms with E-state index in [0.29, 0.717) is 5.75 Å². The van der Waals surface area contributed by atoms with Crippen molar-refractivity contribution >= 4 is 29.0 Å². The number of carbonyl (C=O) groups excluding carboxylic acids is 1. The average molecular weight is 427 g/mol. The number of hydrogen-bond acceptors (Lipinski definition) is 5. The van der Waals surface area contributed by atoms with E-state index in [1.165, 1.54) is 52.6 Å². The molecule has 0 fully saturated rings. The van der Waals surface area contributed by atoms with Crippen molar-refractivity contribution in [3.05, 3.63) is 63.6 Å². The zero-order chi connectivity index (χ0) is 20.1. The second kappa shape index (κ2) is 9.59. The van der Waals surface area contributed by atoms with Crippen molar-refractivity contribution < 1.29 is 4.79 Å². The van der Waals surface area contributed by atoms with E-state index >= 15 is 0 Å². The van der Waals surface area contributed by atoms with Gasteiger partial charge in [-0.05, 0) is 67.2 Å². The summed E-state index contributed by atoms with van der Waals surface area (Å²) in [7, 11) is 0.